The van der Waals surface area contributed by atoms with Crippen LogP contribution in [0.25, 0.3) is 10.9 Å². The zero-order chi connectivity index (χ0) is 18.0. The molecule has 25 heavy (non-hydrogen) atoms. The van der Waals surface area contributed by atoms with Crippen LogP contribution >= 0.6 is 11.6 Å². The third-order valence-electron chi connectivity index (χ3n) is 3.56. The molecule has 0 unspecified atom stereocenters. The number of nitrogens with one attached hydrogen (secondary N) is 2. The molecular weight excluding hydrogens is 340 g/mol. The number of H-pyrrole nitrogens is 1. The highest BCUT2D eigenvalue weighted by Crippen LogP contribution is 2.23. The minimum Gasteiger partial charge on any atom is -0.459 e. The first kappa shape index (κ1) is 17.0. The van der Waals surface area contributed by atoms with Gasteiger partial charge in [-0.2, -0.15) is 0 Å². The normalized spacial score (nSPS) is 10.9. The number of aromatic amines is 1. The number of hydrogen-bond acceptors (Lipinski definition) is 3. The second-order valence-electron chi connectivity index (χ2n) is 5.87. The van der Waals surface area contributed by atoms with Gasteiger partial charge in [-0.1, -0.05) is 29.8 Å². The molecule has 0 aliphatic heterocycles. The lowest BCUT2D eigenvalue weighted by Gasteiger charge is -2.11. The van der Waals surface area contributed by atoms with Gasteiger partial charge in [0.05, 0.1) is 16.7 Å². The highest BCUT2D eigenvalue weighted by molar-refractivity contribution is 6.33. The van der Waals surface area contributed by atoms with Crippen molar-refractivity contribution in [2.45, 2.75) is 20.0 Å². The first-order chi connectivity index (χ1) is 11.9. The Balaban J connectivity index is 1.82. The van der Waals surface area contributed by atoms with Crippen molar-refractivity contribution in [1.82, 2.24) is 4.98 Å². The van der Waals surface area contributed by atoms with E-state index >= 15 is 0 Å². The van der Waals surface area contributed by atoms with Gasteiger partial charge < -0.3 is 15.0 Å². The van der Waals surface area contributed by atoms with Gasteiger partial charge >= 0.3 is 5.97 Å². The standard InChI is InChI=1S/C19H17ClN2O3/c1-11(2)25-19(24)14-10-13(7-8-15(14)20)21-18(23)17-9-12-5-3-4-6-16(12)22-17/h3-11,22H,1-2H3,(H,21,23). The minimum atomic E-state index is -0.526. The number of hydrogen-bond donors (Lipinski definition) is 2. The van der Waals surface area contributed by atoms with E-state index in [-0.39, 0.29) is 22.6 Å². The van der Waals surface area contributed by atoms with E-state index in [1.54, 1.807) is 32.0 Å². The lowest BCUT2D eigenvalue weighted by atomic mass is 10.2. The van der Waals surface area contributed by atoms with Crippen molar-refractivity contribution < 1.29 is 14.3 Å². The van der Waals surface area contributed by atoms with Crippen LogP contribution in [-0.2, 0) is 4.74 Å². The number of amides is 1. The Kier molecular flexibility index (Phi) is 4.76. The molecule has 5 nitrogen and oxygen atoms in total. The van der Waals surface area contributed by atoms with E-state index in [4.69, 9.17) is 16.3 Å². The van der Waals surface area contributed by atoms with Crippen LogP contribution in [0.15, 0.2) is 48.5 Å². The number of carbonyl (C=O) groups is 2. The molecule has 0 radical (unpaired) electrons. The van der Waals surface area contributed by atoms with E-state index in [1.807, 2.05) is 24.3 Å². The number of halogens is 1. The van der Waals surface area contributed by atoms with Gasteiger partial charge in [0.2, 0.25) is 0 Å². The Labute approximate surface area is 149 Å². The van der Waals surface area contributed by atoms with E-state index in [9.17, 15) is 9.59 Å². The predicted octanol–water partition coefficient (Wildman–Crippen LogP) is 4.64. The molecular formula is C19H17ClN2O3. The molecule has 1 aromatic heterocycles. The number of anilines is 1. The lowest BCUT2D eigenvalue weighted by molar-refractivity contribution is 0.0378. The summed E-state index contributed by atoms with van der Waals surface area (Å²) in [5, 5.41) is 3.98. The first-order valence-electron chi connectivity index (χ1n) is 7.83. The molecule has 0 atom stereocenters. The number of para-hydroxylation sites is 1. The average Bonchev–Trinajstić information content (AvgIpc) is 3.00. The van der Waals surface area contributed by atoms with Crippen LogP contribution in [0.4, 0.5) is 5.69 Å². The summed E-state index contributed by atoms with van der Waals surface area (Å²) in [5.41, 5.74) is 1.99. The molecule has 0 saturated heterocycles. The van der Waals surface area contributed by atoms with E-state index in [1.165, 1.54) is 6.07 Å². The number of fused-ring (bicyclic) bond motifs is 1. The molecule has 0 fully saturated rings. The predicted molar refractivity (Wildman–Crippen MR) is 98.3 cm³/mol. The van der Waals surface area contributed by atoms with Gasteiger partial charge in [0.1, 0.15) is 5.69 Å². The minimum absolute atomic E-state index is 0.213. The second kappa shape index (κ2) is 6.99. The Morgan fingerprint density at radius 1 is 1.12 bits per heavy atom. The molecule has 0 bridgehead atoms. The van der Waals surface area contributed by atoms with Crippen LogP contribution in [0.2, 0.25) is 5.02 Å². The first-order valence-corrected chi connectivity index (χ1v) is 8.21. The van der Waals surface area contributed by atoms with Gasteiger partial charge in [-0.05, 0) is 44.2 Å². The molecule has 0 aliphatic rings. The van der Waals surface area contributed by atoms with Crippen LogP contribution in [0.3, 0.4) is 0 Å². The van der Waals surface area contributed by atoms with Crippen molar-refractivity contribution in [2.75, 3.05) is 5.32 Å². The van der Waals surface area contributed by atoms with Crippen molar-refractivity contribution in [3.05, 3.63) is 64.8 Å². The van der Waals surface area contributed by atoms with Crippen molar-refractivity contribution in [2.24, 2.45) is 0 Å². The molecule has 0 aliphatic carbocycles. The SMILES string of the molecule is CC(C)OC(=O)c1cc(NC(=O)c2cc3ccccc3[nH]2)ccc1Cl. The molecule has 1 heterocycles. The summed E-state index contributed by atoms with van der Waals surface area (Å²) in [6, 6.07) is 14.1. The van der Waals surface area contributed by atoms with Crippen molar-refractivity contribution in [3.63, 3.8) is 0 Å². The average molecular weight is 357 g/mol. The van der Waals surface area contributed by atoms with Gasteiger partial charge in [-0.15, -0.1) is 0 Å². The maximum absolute atomic E-state index is 12.4. The maximum atomic E-state index is 12.4. The number of ether oxygens (including phenoxy) is 1. The van der Waals surface area contributed by atoms with Crippen LogP contribution in [0.1, 0.15) is 34.7 Å². The quantitative estimate of drug-likeness (QED) is 0.669. The van der Waals surface area contributed by atoms with E-state index in [0.29, 0.717) is 11.4 Å². The molecule has 2 aromatic carbocycles. The molecule has 0 spiro atoms. The Morgan fingerprint density at radius 3 is 2.60 bits per heavy atom. The van der Waals surface area contributed by atoms with E-state index in [0.717, 1.165) is 10.9 Å². The molecule has 128 valence electrons. The van der Waals surface area contributed by atoms with Crippen LogP contribution in [0.5, 0.6) is 0 Å². The highest BCUT2D eigenvalue weighted by atomic mass is 35.5. The fraction of sp³-hybridized carbons (Fsp3) is 0.158. The van der Waals surface area contributed by atoms with Crippen molar-refractivity contribution in [3.8, 4) is 0 Å². The summed E-state index contributed by atoms with van der Waals surface area (Å²) in [5.74, 6) is -0.830. The number of carbonyl (C=O) groups excluding carboxylic acids is 2. The van der Waals surface area contributed by atoms with E-state index in [2.05, 4.69) is 10.3 Å². The molecule has 1 amide bonds. The van der Waals surface area contributed by atoms with Crippen LogP contribution in [0, 0.1) is 0 Å². The smallest absolute Gasteiger partial charge is 0.339 e. The molecule has 3 rings (SSSR count). The zero-order valence-electron chi connectivity index (χ0n) is 13.8. The molecule has 0 saturated carbocycles. The molecule has 6 heteroatoms. The number of esters is 1. The third kappa shape index (κ3) is 3.83. The Morgan fingerprint density at radius 2 is 1.88 bits per heavy atom. The van der Waals surface area contributed by atoms with Gasteiger partial charge in [0.25, 0.3) is 5.91 Å². The summed E-state index contributed by atoms with van der Waals surface area (Å²) in [4.78, 5) is 27.6. The van der Waals surface area contributed by atoms with Crippen LogP contribution in [-0.4, -0.2) is 23.0 Å². The molecule has 2 N–H and O–H groups in total. The van der Waals surface area contributed by atoms with Gasteiger partial charge in [0, 0.05) is 16.6 Å². The van der Waals surface area contributed by atoms with Crippen molar-refractivity contribution >= 4 is 40.1 Å². The topological polar surface area (TPSA) is 71.2 Å². The fourth-order valence-corrected chi connectivity index (χ4v) is 2.63. The van der Waals surface area contributed by atoms with Gasteiger partial charge in [-0.25, -0.2) is 4.79 Å². The van der Waals surface area contributed by atoms with Crippen LogP contribution < -0.4 is 5.32 Å². The van der Waals surface area contributed by atoms with E-state index < -0.39 is 5.97 Å². The van der Waals surface area contributed by atoms with Gasteiger partial charge in [-0.3, -0.25) is 4.79 Å². The zero-order valence-corrected chi connectivity index (χ0v) is 14.6. The number of benzene rings is 2. The number of rotatable bonds is 4. The summed E-state index contributed by atoms with van der Waals surface area (Å²) >= 11 is 6.06. The third-order valence-corrected chi connectivity index (χ3v) is 3.89. The summed E-state index contributed by atoms with van der Waals surface area (Å²) in [6.07, 6.45) is -0.256. The summed E-state index contributed by atoms with van der Waals surface area (Å²) < 4.78 is 5.16. The van der Waals surface area contributed by atoms with Crippen molar-refractivity contribution in [1.29, 1.82) is 0 Å². The molecule has 3 aromatic rings. The Hall–Kier alpha value is -2.79. The maximum Gasteiger partial charge on any atom is 0.339 e. The second-order valence-corrected chi connectivity index (χ2v) is 6.28. The largest absolute Gasteiger partial charge is 0.459 e. The Bertz CT molecular complexity index is 914. The summed E-state index contributed by atoms with van der Waals surface area (Å²) in [6.45, 7) is 3.51. The summed E-state index contributed by atoms with van der Waals surface area (Å²) in [7, 11) is 0. The van der Waals surface area contributed by atoms with Gasteiger partial charge in [0.15, 0.2) is 0 Å². The highest BCUT2D eigenvalue weighted by Gasteiger charge is 2.16. The fourth-order valence-electron chi connectivity index (χ4n) is 2.43. The number of aromatic nitrogens is 1. The lowest BCUT2D eigenvalue weighted by Crippen LogP contribution is -2.15. The monoisotopic (exact) mass is 356 g/mol.